The van der Waals surface area contributed by atoms with E-state index in [0.717, 1.165) is 41.6 Å². The zero-order chi connectivity index (χ0) is 20.2. The molecular formula is C23H23N3O3. The Morgan fingerprint density at radius 2 is 1.90 bits per heavy atom. The zero-order valence-electron chi connectivity index (χ0n) is 16.6. The summed E-state index contributed by atoms with van der Waals surface area (Å²) in [4.78, 5) is 13.0. The molecule has 0 aliphatic rings. The standard InChI is InChI=1S/C23H23N3O3/c1-3-4-9-22-24-25-23(29-22)20-14-17-7-5-6-8-19(17)26(20)15-21(27)16-10-12-18(28-2)13-11-16/h5-8,10-14H,3-4,9,15H2,1-2H3. The summed E-state index contributed by atoms with van der Waals surface area (Å²) in [6.07, 6.45) is 2.82. The SMILES string of the molecule is CCCCc1nnc(-c2cc3ccccc3n2CC(=O)c2ccc(OC)cc2)o1. The minimum absolute atomic E-state index is 0.000905. The van der Waals surface area contributed by atoms with Crippen LogP contribution in [0.1, 0.15) is 36.0 Å². The summed E-state index contributed by atoms with van der Waals surface area (Å²) in [7, 11) is 1.61. The van der Waals surface area contributed by atoms with Gasteiger partial charge in [-0.1, -0.05) is 31.5 Å². The van der Waals surface area contributed by atoms with Crippen molar-refractivity contribution in [2.45, 2.75) is 32.7 Å². The number of hydrogen-bond acceptors (Lipinski definition) is 5. The van der Waals surface area contributed by atoms with Crippen molar-refractivity contribution in [3.8, 4) is 17.3 Å². The second-order valence-electron chi connectivity index (χ2n) is 6.93. The molecule has 0 amide bonds. The third-order valence-corrected chi connectivity index (χ3v) is 4.95. The molecule has 29 heavy (non-hydrogen) atoms. The van der Waals surface area contributed by atoms with Crippen LogP contribution >= 0.6 is 0 Å². The number of methoxy groups -OCH3 is 1. The number of aromatic nitrogens is 3. The Kier molecular flexibility index (Phi) is 5.42. The van der Waals surface area contributed by atoms with Crippen molar-refractivity contribution >= 4 is 16.7 Å². The van der Waals surface area contributed by atoms with Crippen molar-refractivity contribution in [1.29, 1.82) is 0 Å². The molecule has 0 atom stereocenters. The predicted molar refractivity (Wildman–Crippen MR) is 111 cm³/mol. The molecule has 0 saturated heterocycles. The van der Waals surface area contributed by atoms with Crippen molar-refractivity contribution in [3.05, 3.63) is 66.1 Å². The number of aryl methyl sites for hydroxylation is 1. The van der Waals surface area contributed by atoms with Gasteiger partial charge in [0.2, 0.25) is 5.89 Å². The van der Waals surface area contributed by atoms with Crippen molar-refractivity contribution in [2.24, 2.45) is 0 Å². The highest BCUT2D eigenvalue weighted by Gasteiger charge is 2.19. The number of Topliss-reactive ketones (excluding diaryl/α,β-unsaturated/α-hetero) is 1. The summed E-state index contributed by atoms with van der Waals surface area (Å²) in [5.74, 6) is 1.79. The first-order valence-electron chi connectivity index (χ1n) is 9.78. The summed E-state index contributed by atoms with van der Waals surface area (Å²) < 4.78 is 13.0. The van der Waals surface area contributed by atoms with E-state index in [0.29, 0.717) is 17.3 Å². The Hall–Kier alpha value is -3.41. The van der Waals surface area contributed by atoms with E-state index in [1.807, 2.05) is 34.9 Å². The summed E-state index contributed by atoms with van der Waals surface area (Å²) in [6, 6.07) is 17.1. The topological polar surface area (TPSA) is 70.2 Å². The largest absolute Gasteiger partial charge is 0.497 e. The Labute approximate surface area is 169 Å². The third kappa shape index (κ3) is 3.92. The first-order chi connectivity index (χ1) is 14.2. The van der Waals surface area contributed by atoms with Gasteiger partial charge in [0.15, 0.2) is 5.78 Å². The number of para-hydroxylation sites is 1. The third-order valence-electron chi connectivity index (χ3n) is 4.95. The van der Waals surface area contributed by atoms with E-state index in [-0.39, 0.29) is 12.3 Å². The molecule has 6 nitrogen and oxygen atoms in total. The molecule has 0 N–H and O–H groups in total. The summed E-state index contributed by atoms with van der Waals surface area (Å²) in [5.41, 5.74) is 2.34. The number of ketones is 1. The molecule has 0 unspecified atom stereocenters. The van der Waals surface area contributed by atoms with Crippen molar-refractivity contribution < 1.29 is 13.9 Å². The molecule has 4 rings (SSSR count). The highest BCUT2D eigenvalue weighted by atomic mass is 16.5. The molecule has 4 aromatic rings. The van der Waals surface area contributed by atoms with Crippen LogP contribution < -0.4 is 4.74 Å². The number of nitrogens with zero attached hydrogens (tertiary/aromatic N) is 3. The highest BCUT2D eigenvalue weighted by molar-refractivity contribution is 5.98. The van der Waals surface area contributed by atoms with Crippen LogP contribution in [0.3, 0.4) is 0 Å². The molecular weight excluding hydrogens is 366 g/mol. The van der Waals surface area contributed by atoms with Gasteiger partial charge in [0.05, 0.1) is 13.7 Å². The number of rotatable bonds is 8. The smallest absolute Gasteiger partial charge is 0.264 e. The fourth-order valence-corrected chi connectivity index (χ4v) is 3.36. The molecule has 0 aliphatic heterocycles. The Morgan fingerprint density at radius 3 is 2.66 bits per heavy atom. The maximum Gasteiger partial charge on any atom is 0.264 e. The lowest BCUT2D eigenvalue weighted by Gasteiger charge is -2.09. The van der Waals surface area contributed by atoms with Crippen LogP contribution in [0.25, 0.3) is 22.5 Å². The number of benzene rings is 2. The number of hydrogen-bond donors (Lipinski definition) is 0. The van der Waals surface area contributed by atoms with Gasteiger partial charge in [-0.15, -0.1) is 10.2 Å². The van der Waals surface area contributed by atoms with E-state index >= 15 is 0 Å². The molecule has 2 aromatic carbocycles. The zero-order valence-corrected chi connectivity index (χ0v) is 16.6. The molecule has 0 saturated carbocycles. The summed E-state index contributed by atoms with van der Waals surface area (Å²) in [5, 5.41) is 9.43. The van der Waals surface area contributed by atoms with E-state index in [1.165, 1.54) is 0 Å². The first kappa shape index (κ1) is 18.9. The van der Waals surface area contributed by atoms with Gasteiger partial charge in [-0.25, -0.2) is 0 Å². The lowest BCUT2D eigenvalue weighted by molar-refractivity contribution is 0.0974. The van der Waals surface area contributed by atoms with E-state index in [4.69, 9.17) is 9.15 Å². The van der Waals surface area contributed by atoms with Gasteiger partial charge in [-0.05, 0) is 42.8 Å². The molecule has 148 valence electrons. The lowest BCUT2D eigenvalue weighted by Crippen LogP contribution is -2.11. The minimum atomic E-state index is 0.000905. The molecule has 0 fully saturated rings. The quantitative estimate of drug-likeness (QED) is 0.400. The molecule has 0 spiro atoms. The van der Waals surface area contributed by atoms with Gasteiger partial charge >= 0.3 is 0 Å². The van der Waals surface area contributed by atoms with E-state index in [2.05, 4.69) is 17.1 Å². The lowest BCUT2D eigenvalue weighted by atomic mass is 10.1. The van der Waals surface area contributed by atoms with Gasteiger partial charge in [-0.3, -0.25) is 4.79 Å². The van der Waals surface area contributed by atoms with Gasteiger partial charge in [0, 0.05) is 22.9 Å². The fraction of sp³-hybridized carbons (Fsp3) is 0.261. The Balaban J connectivity index is 1.69. The first-order valence-corrected chi connectivity index (χ1v) is 9.78. The second-order valence-corrected chi connectivity index (χ2v) is 6.93. The fourth-order valence-electron chi connectivity index (χ4n) is 3.36. The van der Waals surface area contributed by atoms with Crippen molar-refractivity contribution in [1.82, 2.24) is 14.8 Å². The molecule has 6 heteroatoms. The van der Waals surface area contributed by atoms with Crippen LogP contribution in [-0.2, 0) is 13.0 Å². The van der Waals surface area contributed by atoms with E-state index < -0.39 is 0 Å². The number of ether oxygens (including phenoxy) is 1. The summed E-state index contributed by atoms with van der Waals surface area (Å²) >= 11 is 0. The molecule has 0 bridgehead atoms. The van der Waals surface area contributed by atoms with E-state index in [1.54, 1.807) is 31.4 Å². The average molecular weight is 389 g/mol. The number of fused-ring (bicyclic) bond motifs is 1. The van der Waals surface area contributed by atoms with Gasteiger partial charge in [0.25, 0.3) is 5.89 Å². The van der Waals surface area contributed by atoms with Gasteiger partial charge in [0.1, 0.15) is 11.4 Å². The second kappa shape index (κ2) is 8.31. The predicted octanol–water partition coefficient (Wildman–Crippen LogP) is 4.93. The van der Waals surface area contributed by atoms with Crippen LogP contribution in [0.5, 0.6) is 5.75 Å². The number of unbranched alkanes of at least 4 members (excludes halogenated alkanes) is 1. The van der Waals surface area contributed by atoms with Crippen LogP contribution in [0.2, 0.25) is 0 Å². The van der Waals surface area contributed by atoms with E-state index in [9.17, 15) is 4.79 Å². The van der Waals surface area contributed by atoms with Crippen LogP contribution in [0.15, 0.2) is 59.0 Å². The molecule has 0 aliphatic carbocycles. The average Bonchev–Trinajstić information content (AvgIpc) is 3.37. The van der Waals surface area contributed by atoms with Crippen molar-refractivity contribution in [3.63, 3.8) is 0 Å². The normalized spacial score (nSPS) is 11.1. The van der Waals surface area contributed by atoms with Crippen LogP contribution in [0, 0.1) is 0 Å². The monoisotopic (exact) mass is 389 g/mol. The van der Waals surface area contributed by atoms with Gasteiger partial charge < -0.3 is 13.7 Å². The minimum Gasteiger partial charge on any atom is -0.497 e. The molecule has 2 aromatic heterocycles. The Morgan fingerprint density at radius 1 is 1.10 bits per heavy atom. The summed E-state index contributed by atoms with van der Waals surface area (Å²) in [6.45, 7) is 2.31. The maximum atomic E-state index is 13.0. The molecule has 2 heterocycles. The van der Waals surface area contributed by atoms with Crippen LogP contribution in [0.4, 0.5) is 0 Å². The molecule has 0 radical (unpaired) electrons. The maximum absolute atomic E-state index is 13.0. The number of carbonyl (C=O) groups is 1. The highest BCUT2D eigenvalue weighted by Crippen LogP contribution is 2.28. The van der Waals surface area contributed by atoms with Gasteiger partial charge in [-0.2, -0.15) is 0 Å². The van der Waals surface area contributed by atoms with Crippen LogP contribution in [-0.4, -0.2) is 27.7 Å². The van der Waals surface area contributed by atoms with Crippen molar-refractivity contribution in [2.75, 3.05) is 7.11 Å². The number of carbonyl (C=O) groups excluding carboxylic acids is 1. The Bertz CT molecular complexity index is 1130.